The van der Waals surface area contributed by atoms with Crippen molar-refractivity contribution in [3.05, 3.63) is 24.4 Å². The lowest BCUT2D eigenvalue weighted by atomic mass is 10.3. The van der Waals surface area contributed by atoms with Crippen molar-refractivity contribution >= 4 is 23.2 Å². The highest BCUT2D eigenvalue weighted by atomic mass is 32.1. The molecule has 0 unspecified atom stereocenters. The average molecular weight is 150 g/mol. The van der Waals surface area contributed by atoms with Gasteiger partial charge in [-0.05, 0) is 24.4 Å². The van der Waals surface area contributed by atoms with E-state index in [1.807, 2.05) is 24.4 Å². The van der Waals surface area contributed by atoms with Gasteiger partial charge in [-0.25, -0.2) is 0 Å². The monoisotopic (exact) mass is 150 g/mol. The first-order valence-corrected chi connectivity index (χ1v) is 3.25. The first-order valence-electron chi connectivity index (χ1n) is 2.85. The number of nitrogens with zero attached hydrogens (tertiary/aromatic N) is 3. The van der Waals surface area contributed by atoms with Crippen LogP contribution < -0.4 is 5.43 Å². The van der Waals surface area contributed by atoms with E-state index in [4.69, 9.17) is 12.2 Å². The molecule has 0 aromatic rings. The highest BCUT2D eigenvalue weighted by Gasteiger charge is 2.20. The number of hydrogen-bond donors (Lipinski definition) is 0. The second-order valence-corrected chi connectivity index (χ2v) is 2.28. The summed E-state index contributed by atoms with van der Waals surface area (Å²) < 4.78 is 0. The van der Waals surface area contributed by atoms with E-state index in [9.17, 15) is 0 Å². The molecule has 0 amide bonds. The van der Waals surface area contributed by atoms with E-state index in [2.05, 4.69) is 10.5 Å². The molecule has 4 heteroatoms. The minimum absolute atomic E-state index is 0.510. The minimum atomic E-state index is 0.510. The van der Waals surface area contributed by atoms with E-state index in [-0.39, 0.29) is 0 Å². The Morgan fingerprint density at radius 1 is 1.40 bits per heavy atom. The Balaban J connectivity index is 2.39. The van der Waals surface area contributed by atoms with Gasteiger partial charge >= 0.3 is 0 Å². The van der Waals surface area contributed by atoms with Crippen LogP contribution in [0.3, 0.4) is 0 Å². The lowest BCUT2D eigenvalue weighted by Gasteiger charge is -2.11. The topological polar surface area (TPSA) is 29.7 Å². The van der Waals surface area contributed by atoms with Crippen LogP contribution in [-0.4, -0.2) is 15.8 Å². The van der Waals surface area contributed by atoms with Gasteiger partial charge in [-0.3, -0.25) is 4.90 Å². The van der Waals surface area contributed by atoms with Crippen molar-refractivity contribution in [1.82, 2.24) is 10.3 Å². The Labute approximate surface area is 63.7 Å². The van der Waals surface area contributed by atoms with Crippen LogP contribution in [-0.2, 0) is 0 Å². The Morgan fingerprint density at radius 2 is 2.30 bits per heavy atom. The van der Waals surface area contributed by atoms with E-state index in [1.165, 1.54) is 0 Å². The molecule has 0 spiro atoms. The third-order valence-electron chi connectivity index (χ3n) is 1.28. The van der Waals surface area contributed by atoms with Crippen LogP contribution in [0, 0.1) is 0 Å². The van der Waals surface area contributed by atoms with Gasteiger partial charge in [-0.1, -0.05) is 6.08 Å². The molecule has 0 N–H and O–H groups in total. The lowest BCUT2D eigenvalue weighted by Crippen LogP contribution is -2.26. The van der Waals surface area contributed by atoms with Gasteiger partial charge in [-0.2, -0.15) is 0 Å². The molecular weight excluding hydrogens is 146 g/mol. The SMILES string of the molecule is S=C1[N]N=C2C=CC=CN12. The molecule has 0 bridgehead atoms. The minimum Gasteiger partial charge on any atom is -0.274 e. The van der Waals surface area contributed by atoms with Crippen molar-refractivity contribution in [3.8, 4) is 0 Å². The van der Waals surface area contributed by atoms with Crippen LogP contribution in [0.1, 0.15) is 0 Å². The Kier molecular flexibility index (Phi) is 1.07. The fourth-order valence-electron chi connectivity index (χ4n) is 0.819. The summed E-state index contributed by atoms with van der Waals surface area (Å²) in [6, 6.07) is 0. The largest absolute Gasteiger partial charge is 0.274 e. The van der Waals surface area contributed by atoms with Crippen LogP contribution in [0.4, 0.5) is 0 Å². The van der Waals surface area contributed by atoms with Crippen molar-refractivity contribution in [2.24, 2.45) is 5.10 Å². The Morgan fingerprint density at radius 3 is 3.10 bits per heavy atom. The summed E-state index contributed by atoms with van der Waals surface area (Å²) in [5.74, 6) is 0.799. The van der Waals surface area contributed by atoms with Gasteiger partial charge in [-0.15, -0.1) is 10.5 Å². The number of rotatable bonds is 0. The van der Waals surface area contributed by atoms with Gasteiger partial charge in [0.15, 0.2) is 5.84 Å². The number of thiocarbonyl (C=S) groups is 1. The van der Waals surface area contributed by atoms with E-state index < -0.39 is 0 Å². The zero-order chi connectivity index (χ0) is 6.97. The number of allylic oxidation sites excluding steroid dienone is 2. The molecule has 2 aliphatic heterocycles. The molecule has 0 saturated carbocycles. The summed E-state index contributed by atoms with van der Waals surface area (Å²) in [5, 5.41) is 4.34. The van der Waals surface area contributed by atoms with E-state index >= 15 is 0 Å². The van der Waals surface area contributed by atoms with Gasteiger partial charge in [0.2, 0.25) is 5.11 Å². The van der Waals surface area contributed by atoms with Gasteiger partial charge in [0.1, 0.15) is 0 Å². The standard InChI is InChI=1S/C6H4N3S/c10-6-8-7-5-3-1-2-4-9(5)6/h1-4H. The van der Waals surface area contributed by atoms with Gasteiger partial charge in [0, 0.05) is 6.20 Å². The molecule has 0 saturated heterocycles. The predicted octanol–water partition coefficient (Wildman–Crippen LogP) is 0.588. The van der Waals surface area contributed by atoms with E-state index in [1.54, 1.807) is 4.90 Å². The third-order valence-corrected chi connectivity index (χ3v) is 1.56. The molecule has 0 atom stereocenters. The van der Waals surface area contributed by atoms with Crippen molar-refractivity contribution in [3.63, 3.8) is 0 Å². The maximum atomic E-state index is 4.88. The van der Waals surface area contributed by atoms with Crippen molar-refractivity contribution in [2.45, 2.75) is 0 Å². The zero-order valence-electron chi connectivity index (χ0n) is 5.06. The fourth-order valence-corrected chi connectivity index (χ4v) is 1.01. The summed E-state index contributed by atoms with van der Waals surface area (Å²) in [6.07, 6.45) is 7.51. The van der Waals surface area contributed by atoms with Crippen LogP contribution in [0.5, 0.6) is 0 Å². The molecule has 2 heterocycles. The number of fused-ring (bicyclic) bond motifs is 1. The lowest BCUT2D eigenvalue weighted by molar-refractivity contribution is 0.850. The van der Waals surface area contributed by atoms with Crippen LogP contribution >= 0.6 is 12.2 Å². The molecule has 3 nitrogen and oxygen atoms in total. The molecule has 0 fully saturated rings. The van der Waals surface area contributed by atoms with Crippen LogP contribution in [0.2, 0.25) is 0 Å². The molecule has 0 aromatic heterocycles. The highest BCUT2D eigenvalue weighted by Crippen LogP contribution is 2.08. The molecule has 49 valence electrons. The summed E-state index contributed by atoms with van der Waals surface area (Å²) >= 11 is 4.88. The third kappa shape index (κ3) is 0.657. The van der Waals surface area contributed by atoms with E-state index in [0.717, 1.165) is 5.84 Å². The quantitative estimate of drug-likeness (QED) is 0.473. The normalized spacial score (nSPS) is 20.6. The molecule has 0 aromatic carbocycles. The Hall–Kier alpha value is -1.16. The molecule has 1 radical (unpaired) electrons. The van der Waals surface area contributed by atoms with Crippen LogP contribution in [0.15, 0.2) is 29.5 Å². The zero-order valence-corrected chi connectivity index (χ0v) is 5.88. The van der Waals surface area contributed by atoms with Crippen LogP contribution in [0.25, 0.3) is 0 Å². The van der Waals surface area contributed by atoms with Crippen molar-refractivity contribution < 1.29 is 0 Å². The molecule has 2 rings (SSSR count). The summed E-state index contributed by atoms with van der Waals surface area (Å²) in [7, 11) is 0. The van der Waals surface area contributed by atoms with Gasteiger partial charge in [0.25, 0.3) is 0 Å². The number of hydrogen-bond acceptors (Lipinski definition) is 2. The summed E-state index contributed by atoms with van der Waals surface area (Å²) in [6.45, 7) is 0. The molecule has 10 heavy (non-hydrogen) atoms. The predicted molar refractivity (Wildman–Crippen MR) is 42.3 cm³/mol. The summed E-state index contributed by atoms with van der Waals surface area (Å²) in [5.41, 5.74) is 3.72. The second kappa shape index (κ2) is 1.91. The maximum Gasteiger partial charge on any atom is 0.226 e. The average Bonchev–Trinajstić information content (AvgIpc) is 2.34. The van der Waals surface area contributed by atoms with E-state index in [0.29, 0.717) is 5.11 Å². The van der Waals surface area contributed by atoms with Gasteiger partial charge < -0.3 is 0 Å². The molecule has 2 aliphatic rings. The maximum absolute atomic E-state index is 4.88. The first kappa shape index (κ1) is 5.61. The van der Waals surface area contributed by atoms with Crippen molar-refractivity contribution in [2.75, 3.05) is 0 Å². The second-order valence-electron chi connectivity index (χ2n) is 1.91. The molecular formula is C6H4N3S. The Bertz CT molecular complexity index is 264. The highest BCUT2D eigenvalue weighted by molar-refractivity contribution is 7.80. The summed E-state index contributed by atoms with van der Waals surface area (Å²) in [4.78, 5) is 1.76. The smallest absolute Gasteiger partial charge is 0.226 e. The van der Waals surface area contributed by atoms with Crippen molar-refractivity contribution in [1.29, 1.82) is 0 Å². The number of amidine groups is 1. The fraction of sp³-hybridized carbons (Fsp3) is 0. The van der Waals surface area contributed by atoms with Gasteiger partial charge in [0.05, 0.1) is 0 Å². The first-order chi connectivity index (χ1) is 4.88. The molecule has 0 aliphatic carbocycles.